The molecule has 0 spiro atoms. The SMILES string of the molecule is CC(=O)OC[C@H]1OC(=S)N(C(C)=O)[C@@H]2[C@H]3OC(C)(C)O[C@H]3O[C@@H]21. The van der Waals surface area contributed by atoms with Crippen molar-refractivity contribution < 1.29 is 33.3 Å². The second-order valence-corrected chi connectivity index (χ2v) is 6.52. The number of amides is 1. The molecule has 8 nitrogen and oxygen atoms in total. The third-order valence-corrected chi connectivity index (χ3v) is 4.25. The van der Waals surface area contributed by atoms with Crippen molar-refractivity contribution in [1.82, 2.24) is 4.90 Å². The third-order valence-electron chi connectivity index (χ3n) is 3.96. The molecule has 23 heavy (non-hydrogen) atoms. The van der Waals surface area contributed by atoms with Crippen LogP contribution in [0, 0.1) is 0 Å². The lowest BCUT2D eigenvalue weighted by atomic mass is 9.99. The number of hydrogen-bond donors (Lipinski definition) is 0. The van der Waals surface area contributed by atoms with E-state index in [0.717, 1.165) is 0 Å². The molecule has 3 aliphatic rings. The first-order chi connectivity index (χ1) is 10.7. The van der Waals surface area contributed by atoms with Gasteiger partial charge >= 0.3 is 5.97 Å². The summed E-state index contributed by atoms with van der Waals surface area (Å²) in [6.45, 7) is 6.23. The standard InChI is InChI=1S/C14H19NO7S/c1-6(16)15-9-10(8(19-13(15)23)5-18-7(2)17)20-12-11(9)21-14(3,4)22-12/h8-12H,5H2,1-4H3/t8-,9+,10-,11-,12-/m1/s1. The smallest absolute Gasteiger partial charge is 0.302 e. The molecule has 3 aliphatic heterocycles. The number of carbonyl (C=O) groups is 2. The van der Waals surface area contributed by atoms with Crippen LogP contribution in [0.4, 0.5) is 0 Å². The van der Waals surface area contributed by atoms with Crippen molar-refractivity contribution in [2.75, 3.05) is 6.61 Å². The van der Waals surface area contributed by atoms with Crippen LogP contribution in [0.2, 0.25) is 0 Å². The molecule has 0 unspecified atom stereocenters. The Morgan fingerprint density at radius 1 is 1.26 bits per heavy atom. The molecule has 0 aromatic heterocycles. The van der Waals surface area contributed by atoms with Gasteiger partial charge in [0.15, 0.2) is 18.2 Å². The van der Waals surface area contributed by atoms with E-state index in [1.54, 1.807) is 13.8 Å². The molecular weight excluding hydrogens is 326 g/mol. The molecule has 3 heterocycles. The molecule has 0 N–H and O–H groups in total. The summed E-state index contributed by atoms with van der Waals surface area (Å²) in [7, 11) is 0. The van der Waals surface area contributed by atoms with Crippen molar-refractivity contribution in [1.29, 1.82) is 0 Å². The lowest BCUT2D eigenvalue weighted by Crippen LogP contribution is -2.62. The topological polar surface area (TPSA) is 83.5 Å². The monoisotopic (exact) mass is 345 g/mol. The van der Waals surface area contributed by atoms with E-state index in [4.69, 9.17) is 35.9 Å². The van der Waals surface area contributed by atoms with Crippen LogP contribution in [0.1, 0.15) is 27.7 Å². The summed E-state index contributed by atoms with van der Waals surface area (Å²) in [6.07, 6.45) is -2.30. The highest BCUT2D eigenvalue weighted by atomic mass is 32.1. The molecule has 0 bridgehead atoms. The zero-order valence-corrected chi connectivity index (χ0v) is 14.1. The molecule has 1 amide bonds. The Hall–Kier alpha value is -1.29. The minimum absolute atomic E-state index is 0.0217. The number of fused-ring (bicyclic) bond motifs is 3. The molecule has 128 valence electrons. The molecular formula is C14H19NO7S. The fourth-order valence-electron chi connectivity index (χ4n) is 3.16. The van der Waals surface area contributed by atoms with Gasteiger partial charge < -0.3 is 23.7 Å². The molecule has 0 radical (unpaired) electrons. The van der Waals surface area contributed by atoms with Crippen LogP contribution in [0.3, 0.4) is 0 Å². The van der Waals surface area contributed by atoms with Gasteiger partial charge in [0.1, 0.15) is 24.9 Å². The fourth-order valence-corrected chi connectivity index (χ4v) is 3.53. The van der Waals surface area contributed by atoms with E-state index in [-0.39, 0.29) is 17.7 Å². The van der Waals surface area contributed by atoms with Crippen molar-refractivity contribution in [3.05, 3.63) is 0 Å². The summed E-state index contributed by atoms with van der Waals surface area (Å²) in [5, 5.41) is 0.0217. The molecule has 9 heteroatoms. The molecule has 0 aromatic rings. The molecule has 0 aliphatic carbocycles. The fraction of sp³-hybridized carbons (Fsp3) is 0.786. The molecule has 5 atom stereocenters. The molecule has 0 saturated carbocycles. The zero-order valence-electron chi connectivity index (χ0n) is 13.3. The molecule has 3 saturated heterocycles. The Labute approximate surface area is 138 Å². The normalized spacial score (nSPS) is 37.8. The Morgan fingerprint density at radius 2 is 1.96 bits per heavy atom. The Morgan fingerprint density at radius 3 is 2.57 bits per heavy atom. The molecule has 3 rings (SSSR count). The quantitative estimate of drug-likeness (QED) is 0.523. The highest BCUT2D eigenvalue weighted by molar-refractivity contribution is 7.80. The van der Waals surface area contributed by atoms with Crippen LogP contribution >= 0.6 is 12.2 Å². The maximum atomic E-state index is 12.0. The van der Waals surface area contributed by atoms with Gasteiger partial charge in [-0.1, -0.05) is 0 Å². The van der Waals surface area contributed by atoms with Crippen LogP contribution in [0.15, 0.2) is 0 Å². The first-order valence-corrected chi connectivity index (χ1v) is 7.75. The first kappa shape index (κ1) is 16.6. The number of ether oxygens (including phenoxy) is 5. The second-order valence-electron chi connectivity index (χ2n) is 6.17. The number of hydrogen-bond acceptors (Lipinski definition) is 8. The van der Waals surface area contributed by atoms with Gasteiger partial charge in [-0.3, -0.25) is 14.5 Å². The first-order valence-electron chi connectivity index (χ1n) is 7.34. The summed E-state index contributed by atoms with van der Waals surface area (Å²) in [5.41, 5.74) is 0. The lowest BCUT2D eigenvalue weighted by molar-refractivity contribution is -0.226. The van der Waals surface area contributed by atoms with Gasteiger partial charge in [-0.15, -0.1) is 0 Å². The predicted molar refractivity (Wildman–Crippen MR) is 79.1 cm³/mol. The number of esters is 1. The van der Waals surface area contributed by atoms with E-state index < -0.39 is 42.4 Å². The minimum Gasteiger partial charge on any atom is -0.462 e. The van der Waals surface area contributed by atoms with Crippen LogP contribution in [-0.2, 0) is 33.3 Å². The molecule has 3 fully saturated rings. The highest BCUT2D eigenvalue weighted by Crippen LogP contribution is 2.42. The van der Waals surface area contributed by atoms with Crippen molar-refractivity contribution in [2.24, 2.45) is 0 Å². The molecule has 0 aromatic carbocycles. The number of thiocarbonyl (C=S) groups is 1. The van der Waals surface area contributed by atoms with E-state index in [9.17, 15) is 9.59 Å². The number of carbonyl (C=O) groups excluding carboxylic acids is 2. The van der Waals surface area contributed by atoms with Gasteiger partial charge in [0.2, 0.25) is 5.91 Å². The maximum absolute atomic E-state index is 12.0. The Balaban J connectivity index is 1.86. The summed E-state index contributed by atoms with van der Waals surface area (Å²) in [4.78, 5) is 24.4. The minimum atomic E-state index is -0.811. The van der Waals surface area contributed by atoms with Gasteiger partial charge in [-0.05, 0) is 26.1 Å². The summed E-state index contributed by atoms with van der Waals surface area (Å²) in [5.74, 6) is -1.51. The Bertz CT molecular complexity index is 551. The van der Waals surface area contributed by atoms with Gasteiger partial charge in [0.05, 0.1) is 0 Å². The number of rotatable bonds is 2. The lowest BCUT2D eigenvalue weighted by Gasteiger charge is -2.42. The van der Waals surface area contributed by atoms with E-state index in [1.165, 1.54) is 18.7 Å². The van der Waals surface area contributed by atoms with Gasteiger partial charge in [0.25, 0.3) is 5.17 Å². The van der Waals surface area contributed by atoms with Crippen molar-refractivity contribution >= 4 is 29.3 Å². The second kappa shape index (κ2) is 5.66. The maximum Gasteiger partial charge on any atom is 0.302 e. The van der Waals surface area contributed by atoms with Crippen molar-refractivity contribution in [2.45, 2.75) is 64.1 Å². The van der Waals surface area contributed by atoms with Crippen LogP contribution < -0.4 is 0 Å². The Kier molecular flexibility index (Phi) is 4.07. The highest BCUT2D eigenvalue weighted by Gasteiger charge is 2.62. The van der Waals surface area contributed by atoms with Gasteiger partial charge in [-0.25, -0.2) is 0 Å². The average Bonchev–Trinajstić information content (AvgIpc) is 2.88. The third kappa shape index (κ3) is 2.93. The average molecular weight is 345 g/mol. The van der Waals surface area contributed by atoms with E-state index in [0.29, 0.717) is 0 Å². The summed E-state index contributed by atoms with van der Waals surface area (Å²) >= 11 is 5.19. The summed E-state index contributed by atoms with van der Waals surface area (Å²) < 4.78 is 28.0. The van der Waals surface area contributed by atoms with E-state index in [1.807, 2.05) is 0 Å². The van der Waals surface area contributed by atoms with Crippen LogP contribution in [0.5, 0.6) is 0 Å². The van der Waals surface area contributed by atoms with Gasteiger partial charge in [-0.2, -0.15) is 0 Å². The predicted octanol–water partition coefficient (Wildman–Crippen LogP) is 0.327. The van der Waals surface area contributed by atoms with E-state index >= 15 is 0 Å². The summed E-state index contributed by atoms with van der Waals surface area (Å²) in [6, 6.07) is -0.485. The van der Waals surface area contributed by atoms with E-state index in [2.05, 4.69) is 0 Å². The van der Waals surface area contributed by atoms with Crippen LogP contribution in [0.25, 0.3) is 0 Å². The zero-order chi connectivity index (χ0) is 16.9. The number of nitrogens with zero attached hydrogens (tertiary/aromatic N) is 1. The van der Waals surface area contributed by atoms with Gasteiger partial charge in [0, 0.05) is 13.8 Å². The van der Waals surface area contributed by atoms with Crippen LogP contribution in [-0.4, -0.2) is 65.0 Å². The van der Waals surface area contributed by atoms with Crippen molar-refractivity contribution in [3.8, 4) is 0 Å². The van der Waals surface area contributed by atoms with Crippen molar-refractivity contribution in [3.63, 3.8) is 0 Å². The largest absolute Gasteiger partial charge is 0.462 e.